The minimum atomic E-state index is -0.975. The van der Waals surface area contributed by atoms with Gasteiger partial charge in [0.1, 0.15) is 6.61 Å². The van der Waals surface area contributed by atoms with E-state index >= 15 is 0 Å². The Labute approximate surface area is 248 Å². The maximum Gasteiger partial charge on any atom is 0.340 e. The summed E-state index contributed by atoms with van der Waals surface area (Å²) in [6, 6.07) is 17.2. The van der Waals surface area contributed by atoms with E-state index in [2.05, 4.69) is 41.3 Å². The van der Waals surface area contributed by atoms with Crippen molar-refractivity contribution in [2.75, 3.05) is 31.1 Å². The van der Waals surface area contributed by atoms with Crippen LogP contribution in [0.3, 0.4) is 0 Å². The number of likely N-dealkylation sites (tertiary alicyclic amines) is 1. The van der Waals surface area contributed by atoms with Crippen molar-refractivity contribution in [2.45, 2.75) is 70.3 Å². The molecule has 0 spiro atoms. The molecule has 3 fully saturated rings. The highest BCUT2D eigenvalue weighted by molar-refractivity contribution is 6.22. The average molecular weight is 571 g/mol. The van der Waals surface area contributed by atoms with Crippen molar-refractivity contribution in [1.29, 1.82) is 0 Å². The maximum atomic E-state index is 13.7. The van der Waals surface area contributed by atoms with Crippen LogP contribution in [-0.4, -0.2) is 59.6 Å². The summed E-state index contributed by atoms with van der Waals surface area (Å²) in [6.45, 7) is 4.28. The van der Waals surface area contributed by atoms with Crippen molar-refractivity contribution in [3.8, 4) is 0 Å². The number of ether oxygens (including phenoxy) is 1. The van der Waals surface area contributed by atoms with Gasteiger partial charge >= 0.3 is 5.97 Å². The maximum absolute atomic E-state index is 13.7. The van der Waals surface area contributed by atoms with Crippen LogP contribution in [0.4, 0.5) is 5.69 Å². The zero-order valence-corrected chi connectivity index (χ0v) is 24.6. The predicted molar refractivity (Wildman–Crippen MR) is 161 cm³/mol. The van der Waals surface area contributed by atoms with E-state index in [4.69, 9.17) is 4.74 Å². The van der Waals surface area contributed by atoms with Crippen molar-refractivity contribution < 1.29 is 24.2 Å². The van der Waals surface area contributed by atoms with E-state index in [1.54, 1.807) is 31.2 Å². The number of hydrogen-bond donors (Lipinski definition) is 1. The van der Waals surface area contributed by atoms with Gasteiger partial charge in [0.05, 0.1) is 16.9 Å². The Balaban J connectivity index is 1.25. The van der Waals surface area contributed by atoms with E-state index < -0.39 is 22.9 Å². The number of aryl methyl sites for hydroxylation is 1. The van der Waals surface area contributed by atoms with Gasteiger partial charge in [-0.3, -0.25) is 9.59 Å². The van der Waals surface area contributed by atoms with Crippen molar-refractivity contribution in [3.63, 3.8) is 0 Å². The standard InChI is InChI=1S/C35H42N2O5/c1-26-22-30(38)37(31(26)39)29-16-7-6-15-28(29)32(40)42-25-34-19-11-18-33(17-8-3-9-20-35(33,34)41)23-36(24-34)21-10-14-27-12-4-2-5-13-27/h2-7,9,12-13,15-16,26,41H,8,10-11,14,17-25H2,1H3/t26?,33-,34+,35-/m1/s1. The fraction of sp³-hybridized carbons (Fsp3) is 0.514. The van der Waals surface area contributed by atoms with E-state index in [1.807, 2.05) is 6.07 Å². The van der Waals surface area contributed by atoms with Crippen LogP contribution in [0.15, 0.2) is 66.7 Å². The van der Waals surface area contributed by atoms with Gasteiger partial charge in [-0.15, -0.1) is 0 Å². The second kappa shape index (κ2) is 11.4. The first-order chi connectivity index (χ1) is 20.3. The molecule has 1 unspecified atom stereocenters. The van der Waals surface area contributed by atoms with Crippen LogP contribution >= 0.6 is 0 Å². The molecule has 2 aromatic carbocycles. The van der Waals surface area contributed by atoms with Gasteiger partial charge in [0.15, 0.2) is 0 Å². The van der Waals surface area contributed by atoms with Crippen LogP contribution < -0.4 is 4.90 Å². The number of piperidine rings is 1. The molecule has 0 aromatic heterocycles. The molecule has 2 aliphatic heterocycles. The first-order valence-electron chi connectivity index (χ1n) is 15.5. The highest BCUT2D eigenvalue weighted by Crippen LogP contribution is 2.62. The number of allylic oxidation sites excluding steroid dienone is 1. The predicted octanol–water partition coefficient (Wildman–Crippen LogP) is 5.32. The summed E-state index contributed by atoms with van der Waals surface area (Å²) in [4.78, 5) is 42.8. The van der Waals surface area contributed by atoms with Gasteiger partial charge in [0.2, 0.25) is 11.8 Å². The molecule has 0 radical (unpaired) electrons. The third kappa shape index (κ3) is 4.90. The quantitative estimate of drug-likeness (QED) is 0.263. The number of imide groups is 1. The van der Waals surface area contributed by atoms with Gasteiger partial charge in [-0.2, -0.15) is 0 Å². The van der Waals surface area contributed by atoms with E-state index in [0.717, 1.165) is 62.9 Å². The summed E-state index contributed by atoms with van der Waals surface area (Å²) in [5.74, 6) is -1.58. The molecule has 2 amide bonds. The summed E-state index contributed by atoms with van der Waals surface area (Å²) in [5.41, 5.74) is -0.0285. The smallest absolute Gasteiger partial charge is 0.340 e. The zero-order chi connectivity index (χ0) is 29.4. The lowest BCUT2D eigenvalue weighted by Crippen LogP contribution is -2.73. The molecule has 222 valence electrons. The Morgan fingerprint density at radius 1 is 1.00 bits per heavy atom. The number of carbonyl (C=O) groups is 3. The largest absolute Gasteiger partial charge is 0.461 e. The highest BCUT2D eigenvalue weighted by atomic mass is 16.5. The van der Waals surface area contributed by atoms with Gasteiger partial charge in [0, 0.05) is 36.3 Å². The number of para-hydroxylation sites is 1. The number of amides is 2. The second-order valence-electron chi connectivity index (χ2n) is 13.1. The monoisotopic (exact) mass is 570 g/mol. The molecule has 4 atom stereocenters. The molecule has 2 heterocycles. The molecule has 4 aliphatic rings. The number of aliphatic hydroxyl groups is 1. The summed E-state index contributed by atoms with van der Waals surface area (Å²) in [6.07, 6.45) is 11.6. The molecule has 2 aliphatic carbocycles. The first-order valence-corrected chi connectivity index (χ1v) is 15.5. The Kier molecular flexibility index (Phi) is 7.83. The first kappa shape index (κ1) is 28.8. The third-order valence-electron chi connectivity index (χ3n) is 10.5. The molecule has 7 heteroatoms. The van der Waals surface area contributed by atoms with E-state index in [1.165, 1.54) is 5.56 Å². The summed E-state index contributed by atoms with van der Waals surface area (Å²) >= 11 is 0. The Bertz CT molecular complexity index is 1370. The normalized spacial score (nSPS) is 31.1. The molecule has 2 bridgehead atoms. The SMILES string of the molecule is CC1CC(=O)N(c2ccccc2C(=O)OC[C@@]23CCC[C@]4(CCC=CC[C@@]42O)CN(CCCc2ccccc2)C3)C1=O. The molecular weight excluding hydrogens is 528 g/mol. The van der Waals surface area contributed by atoms with Crippen LogP contribution in [0.25, 0.3) is 0 Å². The van der Waals surface area contributed by atoms with E-state index in [-0.39, 0.29) is 41.5 Å². The fourth-order valence-corrected chi connectivity index (χ4v) is 8.35. The number of rotatable bonds is 8. The number of carbonyl (C=O) groups excluding carboxylic acids is 3. The van der Waals surface area contributed by atoms with Crippen molar-refractivity contribution in [1.82, 2.24) is 4.90 Å². The molecule has 42 heavy (non-hydrogen) atoms. The minimum Gasteiger partial charge on any atom is -0.461 e. The minimum absolute atomic E-state index is 0.0970. The number of anilines is 1. The van der Waals surface area contributed by atoms with Crippen molar-refractivity contribution >= 4 is 23.5 Å². The zero-order valence-electron chi connectivity index (χ0n) is 24.6. The van der Waals surface area contributed by atoms with E-state index in [9.17, 15) is 19.5 Å². The molecule has 1 N–H and O–H groups in total. The lowest BCUT2D eigenvalue weighted by Gasteiger charge is -2.66. The van der Waals surface area contributed by atoms with Crippen LogP contribution in [0.2, 0.25) is 0 Å². The molecule has 2 aromatic rings. The van der Waals surface area contributed by atoms with Gasteiger partial charge in [-0.25, -0.2) is 9.69 Å². The van der Waals surface area contributed by atoms with E-state index in [0.29, 0.717) is 13.0 Å². The molecule has 2 saturated heterocycles. The molecular formula is C35H42N2O5. The molecule has 6 rings (SSSR count). The van der Waals surface area contributed by atoms with Gasteiger partial charge < -0.3 is 14.7 Å². The highest BCUT2D eigenvalue weighted by Gasteiger charge is 2.67. The lowest BCUT2D eigenvalue weighted by atomic mass is 9.47. The summed E-state index contributed by atoms with van der Waals surface area (Å²) in [5, 5.41) is 12.7. The van der Waals surface area contributed by atoms with Gasteiger partial charge in [-0.1, -0.05) is 68.0 Å². The number of hydrogen-bond acceptors (Lipinski definition) is 6. The van der Waals surface area contributed by atoms with Crippen LogP contribution in [-0.2, 0) is 20.7 Å². The molecule has 7 nitrogen and oxygen atoms in total. The van der Waals surface area contributed by atoms with Gasteiger partial charge in [-0.05, 0) is 69.2 Å². The molecule has 1 saturated carbocycles. The van der Waals surface area contributed by atoms with Crippen molar-refractivity contribution in [2.24, 2.45) is 16.7 Å². The summed E-state index contributed by atoms with van der Waals surface area (Å²) < 4.78 is 6.12. The average Bonchev–Trinajstić information content (AvgIpc) is 3.11. The van der Waals surface area contributed by atoms with Crippen LogP contribution in [0.5, 0.6) is 0 Å². The number of nitrogens with zero attached hydrogens (tertiary/aromatic N) is 2. The Morgan fingerprint density at radius 2 is 1.79 bits per heavy atom. The number of esters is 1. The lowest BCUT2D eigenvalue weighted by molar-refractivity contribution is -0.255. The fourth-order valence-electron chi connectivity index (χ4n) is 8.35. The topological polar surface area (TPSA) is 87.2 Å². The van der Waals surface area contributed by atoms with Crippen LogP contribution in [0.1, 0.15) is 74.2 Å². The Hall–Kier alpha value is -3.29. The summed E-state index contributed by atoms with van der Waals surface area (Å²) in [7, 11) is 0. The third-order valence-corrected chi connectivity index (χ3v) is 10.5. The van der Waals surface area contributed by atoms with Gasteiger partial charge in [0.25, 0.3) is 0 Å². The Morgan fingerprint density at radius 3 is 2.57 bits per heavy atom. The number of benzene rings is 2. The van der Waals surface area contributed by atoms with Crippen LogP contribution in [0, 0.1) is 16.7 Å². The second-order valence-corrected chi connectivity index (χ2v) is 13.1. The van der Waals surface area contributed by atoms with Crippen molar-refractivity contribution in [3.05, 3.63) is 77.9 Å².